The van der Waals surface area contributed by atoms with E-state index in [0.29, 0.717) is 18.1 Å². The van der Waals surface area contributed by atoms with E-state index in [-0.39, 0.29) is 5.69 Å². The zero-order valence-electron chi connectivity index (χ0n) is 9.63. The minimum Gasteiger partial charge on any atom is -0.396 e. The summed E-state index contributed by atoms with van der Waals surface area (Å²) in [5.41, 5.74) is 12.6. The molecular formula is C12H13N5O. The molecule has 2 heterocycles. The Balaban J connectivity index is 2.14. The van der Waals surface area contributed by atoms with Gasteiger partial charge in [0.05, 0.1) is 5.69 Å². The first-order valence-electron chi connectivity index (χ1n) is 5.36. The molecule has 0 radical (unpaired) electrons. The normalized spacial score (nSPS) is 10.0. The number of hydrogen-bond acceptors (Lipinski definition) is 5. The zero-order valence-corrected chi connectivity index (χ0v) is 9.63. The van der Waals surface area contributed by atoms with Gasteiger partial charge in [-0.05, 0) is 23.8 Å². The molecule has 2 aromatic rings. The van der Waals surface area contributed by atoms with Gasteiger partial charge in [-0.25, -0.2) is 4.98 Å². The quantitative estimate of drug-likeness (QED) is 0.735. The van der Waals surface area contributed by atoms with E-state index in [0.717, 1.165) is 5.56 Å². The van der Waals surface area contributed by atoms with Crippen molar-refractivity contribution in [3.8, 4) is 0 Å². The molecule has 0 aliphatic carbocycles. The second-order valence-corrected chi connectivity index (χ2v) is 3.71. The molecule has 0 fully saturated rings. The molecule has 0 bridgehead atoms. The highest BCUT2D eigenvalue weighted by molar-refractivity contribution is 5.91. The van der Waals surface area contributed by atoms with E-state index < -0.39 is 5.91 Å². The fourth-order valence-corrected chi connectivity index (χ4v) is 1.44. The van der Waals surface area contributed by atoms with E-state index in [4.69, 9.17) is 11.5 Å². The first-order valence-corrected chi connectivity index (χ1v) is 5.36. The second kappa shape index (κ2) is 5.13. The summed E-state index contributed by atoms with van der Waals surface area (Å²) in [6, 6.07) is 6.85. The summed E-state index contributed by atoms with van der Waals surface area (Å²) in [6.07, 6.45) is 3.44. The highest BCUT2D eigenvalue weighted by Crippen LogP contribution is 2.16. The highest BCUT2D eigenvalue weighted by Gasteiger charge is 2.06. The average Bonchev–Trinajstić information content (AvgIpc) is 2.38. The van der Waals surface area contributed by atoms with Crippen LogP contribution in [0.1, 0.15) is 16.1 Å². The van der Waals surface area contributed by atoms with Crippen LogP contribution in [0.25, 0.3) is 0 Å². The third-order valence-corrected chi connectivity index (χ3v) is 2.36. The molecule has 0 saturated heterocycles. The number of carbonyl (C=O) groups excluding carboxylic acids is 1. The molecule has 6 heteroatoms. The molecule has 92 valence electrons. The first kappa shape index (κ1) is 11.8. The minimum atomic E-state index is -0.584. The molecule has 0 aliphatic heterocycles. The van der Waals surface area contributed by atoms with Crippen molar-refractivity contribution < 1.29 is 4.79 Å². The van der Waals surface area contributed by atoms with E-state index in [2.05, 4.69) is 15.3 Å². The van der Waals surface area contributed by atoms with Gasteiger partial charge < -0.3 is 16.8 Å². The molecule has 18 heavy (non-hydrogen) atoms. The van der Waals surface area contributed by atoms with Crippen molar-refractivity contribution in [2.45, 2.75) is 6.54 Å². The molecule has 0 unspecified atom stereocenters. The van der Waals surface area contributed by atoms with Crippen molar-refractivity contribution in [1.82, 2.24) is 9.97 Å². The lowest BCUT2D eigenvalue weighted by Crippen LogP contribution is -2.15. The van der Waals surface area contributed by atoms with E-state index in [1.807, 2.05) is 12.1 Å². The molecule has 0 aliphatic rings. The number of nitrogen functional groups attached to an aromatic ring is 1. The number of hydrogen-bond donors (Lipinski definition) is 3. The van der Waals surface area contributed by atoms with E-state index >= 15 is 0 Å². The molecule has 5 N–H and O–H groups in total. The van der Waals surface area contributed by atoms with Gasteiger partial charge in [-0.2, -0.15) is 0 Å². The van der Waals surface area contributed by atoms with Crippen LogP contribution < -0.4 is 16.8 Å². The van der Waals surface area contributed by atoms with Crippen LogP contribution in [0.5, 0.6) is 0 Å². The Morgan fingerprint density at radius 1 is 1.33 bits per heavy atom. The monoisotopic (exact) mass is 243 g/mol. The molecule has 6 nitrogen and oxygen atoms in total. The molecule has 2 aromatic heterocycles. The molecule has 0 saturated carbocycles. The number of amides is 1. The number of anilines is 2. The van der Waals surface area contributed by atoms with Crippen molar-refractivity contribution in [3.63, 3.8) is 0 Å². The summed E-state index contributed by atoms with van der Waals surface area (Å²) >= 11 is 0. The number of carbonyl (C=O) groups is 1. The summed E-state index contributed by atoms with van der Waals surface area (Å²) in [4.78, 5) is 19.1. The average molecular weight is 243 g/mol. The molecule has 1 amide bonds. The number of nitrogens with zero attached hydrogens (tertiary/aromatic N) is 2. The van der Waals surface area contributed by atoms with Crippen LogP contribution in [0.3, 0.4) is 0 Å². The van der Waals surface area contributed by atoms with Gasteiger partial charge in [-0.3, -0.25) is 9.78 Å². The van der Waals surface area contributed by atoms with Gasteiger partial charge in [0.15, 0.2) is 0 Å². The standard InChI is InChI=1S/C12H13N5O/c13-9-3-4-10(11(14)18)17-12(9)16-7-8-2-1-5-15-6-8/h1-6H,7,13H2,(H2,14,18)(H,16,17). The Morgan fingerprint density at radius 3 is 2.83 bits per heavy atom. The first-order chi connectivity index (χ1) is 8.66. The maximum Gasteiger partial charge on any atom is 0.267 e. The van der Waals surface area contributed by atoms with Crippen molar-refractivity contribution in [1.29, 1.82) is 0 Å². The van der Waals surface area contributed by atoms with Crippen LogP contribution >= 0.6 is 0 Å². The molecule has 0 aromatic carbocycles. The van der Waals surface area contributed by atoms with Crippen LogP contribution in [-0.4, -0.2) is 15.9 Å². The van der Waals surface area contributed by atoms with E-state index in [9.17, 15) is 4.79 Å². The van der Waals surface area contributed by atoms with Gasteiger partial charge in [0.1, 0.15) is 11.5 Å². The van der Waals surface area contributed by atoms with Crippen LogP contribution in [0, 0.1) is 0 Å². The fraction of sp³-hybridized carbons (Fsp3) is 0.0833. The van der Waals surface area contributed by atoms with Crippen LogP contribution in [-0.2, 0) is 6.54 Å². The molecule has 2 rings (SSSR count). The Kier molecular flexibility index (Phi) is 3.38. The third kappa shape index (κ3) is 2.73. The summed E-state index contributed by atoms with van der Waals surface area (Å²) < 4.78 is 0. The van der Waals surface area contributed by atoms with Gasteiger partial charge in [-0.1, -0.05) is 6.07 Å². The van der Waals surface area contributed by atoms with Crippen molar-refractivity contribution in [3.05, 3.63) is 47.9 Å². The zero-order chi connectivity index (χ0) is 13.0. The van der Waals surface area contributed by atoms with E-state index in [1.54, 1.807) is 18.5 Å². The lowest BCUT2D eigenvalue weighted by atomic mass is 10.2. The molecule has 0 atom stereocenters. The van der Waals surface area contributed by atoms with Gasteiger partial charge in [0.25, 0.3) is 5.91 Å². The van der Waals surface area contributed by atoms with Gasteiger partial charge >= 0.3 is 0 Å². The summed E-state index contributed by atoms with van der Waals surface area (Å²) in [6.45, 7) is 0.521. The number of aromatic nitrogens is 2. The van der Waals surface area contributed by atoms with Crippen molar-refractivity contribution in [2.75, 3.05) is 11.1 Å². The Labute approximate surface area is 104 Å². The number of pyridine rings is 2. The van der Waals surface area contributed by atoms with Crippen LogP contribution in [0.2, 0.25) is 0 Å². The maximum absolute atomic E-state index is 11.0. The predicted octanol–water partition coefficient (Wildman–Crippen LogP) is 0.770. The maximum atomic E-state index is 11.0. The topological polar surface area (TPSA) is 107 Å². The Bertz CT molecular complexity index is 556. The van der Waals surface area contributed by atoms with Crippen LogP contribution in [0.4, 0.5) is 11.5 Å². The minimum absolute atomic E-state index is 0.179. The smallest absolute Gasteiger partial charge is 0.267 e. The van der Waals surface area contributed by atoms with Gasteiger partial charge in [0.2, 0.25) is 0 Å². The van der Waals surface area contributed by atoms with E-state index in [1.165, 1.54) is 6.07 Å². The Morgan fingerprint density at radius 2 is 2.17 bits per heavy atom. The highest BCUT2D eigenvalue weighted by atomic mass is 16.1. The van der Waals surface area contributed by atoms with Gasteiger partial charge in [0, 0.05) is 18.9 Å². The second-order valence-electron chi connectivity index (χ2n) is 3.71. The van der Waals surface area contributed by atoms with Crippen molar-refractivity contribution >= 4 is 17.4 Å². The molecule has 0 spiro atoms. The van der Waals surface area contributed by atoms with Crippen molar-refractivity contribution in [2.24, 2.45) is 5.73 Å². The largest absolute Gasteiger partial charge is 0.396 e. The Hall–Kier alpha value is -2.63. The third-order valence-electron chi connectivity index (χ3n) is 2.36. The molecular weight excluding hydrogens is 230 g/mol. The predicted molar refractivity (Wildman–Crippen MR) is 68.7 cm³/mol. The lowest BCUT2D eigenvalue weighted by molar-refractivity contribution is 0.0996. The lowest BCUT2D eigenvalue weighted by Gasteiger charge is -2.09. The van der Waals surface area contributed by atoms with Gasteiger partial charge in [-0.15, -0.1) is 0 Å². The number of primary amides is 1. The fourth-order valence-electron chi connectivity index (χ4n) is 1.44. The number of nitrogens with one attached hydrogen (secondary N) is 1. The summed E-state index contributed by atoms with van der Waals surface area (Å²) in [5.74, 6) is -0.144. The number of rotatable bonds is 4. The summed E-state index contributed by atoms with van der Waals surface area (Å²) in [7, 11) is 0. The SMILES string of the molecule is NC(=O)c1ccc(N)c(NCc2cccnc2)n1. The van der Waals surface area contributed by atoms with Crippen LogP contribution in [0.15, 0.2) is 36.7 Å². The summed E-state index contributed by atoms with van der Waals surface area (Å²) in [5, 5.41) is 3.04. The number of nitrogens with two attached hydrogens (primary N) is 2.